The van der Waals surface area contributed by atoms with Gasteiger partial charge in [0.2, 0.25) is 5.13 Å². The van der Waals surface area contributed by atoms with Crippen LogP contribution in [-0.4, -0.2) is 46.9 Å². The number of amides is 1. The quantitative estimate of drug-likeness (QED) is 0.539. The molecule has 1 aromatic heterocycles. The van der Waals surface area contributed by atoms with Crippen molar-refractivity contribution in [3.8, 4) is 5.75 Å². The molecule has 1 amide bonds. The van der Waals surface area contributed by atoms with Crippen LogP contribution < -0.4 is 21.5 Å². The lowest BCUT2D eigenvalue weighted by Gasteiger charge is -2.11. The molecule has 0 unspecified atom stereocenters. The number of ether oxygens (including phenoxy) is 1. The van der Waals surface area contributed by atoms with Gasteiger partial charge in [0.05, 0.1) is 5.56 Å². The molecule has 0 radical (unpaired) electrons. The third-order valence-electron chi connectivity index (χ3n) is 2.67. The van der Waals surface area contributed by atoms with Crippen LogP contribution in [0.4, 0.5) is 5.13 Å². The summed E-state index contributed by atoms with van der Waals surface area (Å²) in [5.74, 6) is -0.653. The van der Waals surface area contributed by atoms with Gasteiger partial charge in [-0.2, -0.15) is 0 Å². The van der Waals surface area contributed by atoms with E-state index in [-0.39, 0.29) is 5.91 Å². The van der Waals surface area contributed by atoms with Crippen molar-refractivity contribution in [2.45, 2.75) is 13.3 Å². The molecule has 0 bridgehead atoms. The SMILES string of the molecule is CC(=O)O.NCCOc1ccc(Cl)cc1C(=O)NCCc1nnc(N)s1. The van der Waals surface area contributed by atoms with Crippen LogP contribution >= 0.6 is 22.9 Å². The lowest BCUT2D eigenvalue weighted by atomic mass is 10.2. The van der Waals surface area contributed by atoms with Crippen LogP contribution in [0.25, 0.3) is 0 Å². The first kappa shape index (κ1) is 21.6. The molecule has 0 aliphatic heterocycles. The highest BCUT2D eigenvalue weighted by atomic mass is 35.5. The molecular formula is C15H20ClN5O4S. The van der Waals surface area contributed by atoms with Gasteiger partial charge >= 0.3 is 0 Å². The Bertz CT molecular complexity index is 737. The summed E-state index contributed by atoms with van der Waals surface area (Å²) in [7, 11) is 0. The minimum absolute atomic E-state index is 0.271. The Morgan fingerprint density at radius 3 is 2.65 bits per heavy atom. The number of rotatable bonds is 7. The predicted octanol–water partition coefficient (Wildman–Crippen LogP) is 1.17. The highest BCUT2D eigenvalue weighted by molar-refractivity contribution is 7.15. The van der Waals surface area contributed by atoms with Crippen LogP contribution in [0.15, 0.2) is 18.2 Å². The molecule has 2 aromatic rings. The number of hydrogen-bond donors (Lipinski definition) is 4. The van der Waals surface area contributed by atoms with E-state index in [1.807, 2.05) is 0 Å². The van der Waals surface area contributed by atoms with E-state index in [0.29, 0.717) is 47.6 Å². The Morgan fingerprint density at radius 2 is 2.08 bits per heavy atom. The molecule has 1 aromatic carbocycles. The third kappa shape index (κ3) is 8.10. The normalized spacial score (nSPS) is 9.81. The Kier molecular flexibility index (Phi) is 9.34. The van der Waals surface area contributed by atoms with Crippen LogP contribution in [0.1, 0.15) is 22.3 Å². The summed E-state index contributed by atoms with van der Waals surface area (Å²) >= 11 is 7.23. The molecule has 1 heterocycles. The molecule has 0 atom stereocenters. The second-order valence-electron chi connectivity index (χ2n) is 4.84. The monoisotopic (exact) mass is 401 g/mol. The average molecular weight is 402 g/mol. The molecule has 0 saturated heterocycles. The van der Waals surface area contributed by atoms with Gasteiger partial charge in [0.25, 0.3) is 11.9 Å². The van der Waals surface area contributed by atoms with E-state index >= 15 is 0 Å². The summed E-state index contributed by atoms with van der Waals surface area (Å²) in [5, 5.41) is 19.5. The Labute approximate surface area is 159 Å². The zero-order valence-corrected chi connectivity index (χ0v) is 15.6. The van der Waals surface area contributed by atoms with Crippen molar-refractivity contribution in [2.24, 2.45) is 5.73 Å². The summed E-state index contributed by atoms with van der Waals surface area (Å²) in [6, 6.07) is 4.87. The first-order valence-electron chi connectivity index (χ1n) is 7.51. The van der Waals surface area contributed by atoms with Gasteiger partial charge < -0.3 is 26.6 Å². The molecular weight excluding hydrogens is 382 g/mol. The van der Waals surface area contributed by atoms with Crippen molar-refractivity contribution < 1.29 is 19.4 Å². The Balaban J connectivity index is 0.000000765. The van der Waals surface area contributed by atoms with Gasteiger partial charge in [0, 0.05) is 31.5 Å². The maximum atomic E-state index is 12.2. The highest BCUT2D eigenvalue weighted by Gasteiger charge is 2.13. The topological polar surface area (TPSA) is 153 Å². The van der Waals surface area contributed by atoms with Gasteiger partial charge in [-0.3, -0.25) is 9.59 Å². The van der Waals surface area contributed by atoms with E-state index in [1.165, 1.54) is 11.3 Å². The van der Waals surface area contributed by atoms with E-state index in [1.54, 1.807) is 18.2 Å². The smallest absolute Gasteiger partial charge is 0.300 e. The summed E-state index contributed by atoms with van der Waals surface area (Å²) in [6.07, 6.45) is 0.556. The first-order valence-corrected chi connectivity index (χ1v) is 8.71. The van der Waals surface area contributed by atoms with Crippen molar-refractivity contribution in [3.63, 3.8) is 0 Å². The molecule has 26 heavy (non-hydrogen) atoms. The summed E-state index contributed by atoms with van der Waals surface area (Å²) < 4.78 is 5.45. The fourth-order valence-corrected chi connectivity index (χ4v) is 2.50. The van der Waals surface area contributed by atoms with Gasteiger partial charge in [0.15, 0.2) is 0 Å². The van der Waals surface area contributed by atoms with Gasteiger partial charge in [-0.15, -0.1) is 10.2 Å². The average Bonchev–Trinajstić information content (AvgIpc) is 2.98. The zero-order chi connectivity index (χ0) is 19.5. The number of halogens is 1. The molecule has 0 saturated carbocycles. The maximum Gasteiger partial charge on any atom is 0.300 e. The van der Waals surface area contributed by atoms with Crippen molar-refractivity contribution in [2.75, 3.05) is 25.4 Å². The van der Waals surface area contributed by atoms with E-state index in [2.05, 4.69) is 15.5 Å². The van der Waals surface area contributed by atoms with Gasteiger partial charge in [-0.1, -0.05) is 22.9 Å². The minimum Gasteiger partial charge on any atom is -0.491 e. The molecule has 0 fully saturated rings. The Hall–Kier alpha value is -2.43. The van der Waals surface area contributed by atoms with Crippen LogP contribution in [0, 0.1) is 0 Å². The number of benzene rings is 1. The van der Waals surface area contributed by atoms with Gasteiger partial charge in [0.1, 0.15) is 17.4 Å². The van der Waals surface area contributed by atoms with E-state index in [4.69, 9.17) is 37.7 Å². The van der Waals surface area contributed by atoms with Crippen LogP contribution in [0.5, 0.6) is 5.75 Å². The number of carboxylic acids is 1. The maximum absolute atomic E-state index is 12.2. The van der Waals surface area contributed by atoms with Crippen molar-refractivity contribution in [3.05, 3.63) is 33.8 Å². The molecule has 11 heteroatoms. The third-order valence-corrected chi connectivity index (χ3v) is 3.72. The number of nitrogens with zero attached hydrogens (tertiary/aromatic N) is 2. The first-order chi connectivity index (χ1) is 12.3. The van der Waals surface area contributed by atoms with Crippen molar-refractivity contribution in [1.82, 2.24) is 15.5 Å². The lowest BCUT2D eigenvalue weighted by molar-refractivity contribution is -0.134. The fraction of sp³-hybridized carbons (Fsp3) is 0.333. The van der Waals surface area contributed by atoms with Crippen LogP contribution in [0.2, 0.25) is 5.02 Å². The highest BCUT2D eigenvalue weighted by Crippen LogP contribution is 2.23. The number of anilines is 1. The van der Waals surface area contributed by atoms with E-state index in [0.717, 1.165) is 11.9 Å². The van der Waals surface area contributed by atoms with Crippen LogP contribution in [-0.2, 0) is 11.2 Å². The molecule has 142 valence electrons. The Morgan fingerprint density at radius 1 is 1.38 bits per heavy atom. The molecule has 0 spiro atoms. The summed E-state index contributed by atoms with van der Waals surface area (Å²) in [5.41, 5.74) is 11.3. The second-order valence-corrected chi connectivity index (χ2v) is 6.37. The van der Waals surface area contributed by atoms with Crippen molar-refractivity contribution >= 4 is 39.9 Å². The lowest BCUT2D eigenvalue weighted by Crippen LogP contribution is -2.26. The predicted molar refractivity (Wildman–Crippen MR) is 99.7 cm³/mol. The number of aromatic nitrogens is 2. The molecule has 0 aliphatic carbocycles. The zero-order valence-electron chi connectivity index (χ0n) is 14.1. The number of carbonyl (C=O) groups excluding carboxylic acids is 1. The van der Waals surface area contributed by atoms with Gasteiger partial charge in [-0.05, 0) is 18.2 Å². The largest absolute Gasteiger partial charge is 0.491 e. The van der Waals surface area contributed by atoms with E-state index < -0.39 is 5.97 Å². The van der Waals surface area contributed by atoms with Crippen molar-refractivity contribution in [1.29, 1.82) is 0 Å². The summed E-state index contributed by atoms with van der Waals surface area (Å²) in [6.45, 7) is 2.18. The molecule has 2 rings (SSSR count). The number of carbonyl (C=O) groups is 2. The molecule has 0 aliphatic rings. The van der Waals surface area contributed by atoms with E-state index in [9.17, 15) is 4.79 Å². The second kappa shape index (κ2) is 11.2. The number of nitrogen functional groups attached to an aromatic ring is 1. The molecule has 6 N–H and O–H groups in total. The minimum atomic E-state index is -0.833. The fourth-order valence-electron chi connectivity index (χ4n) is 1.72. The van der Waals surface area contributed by atoms with Crippen LogP contribution in [0.3, 0.4) is 0 Å². The summed E-state index contributed by atoms with van der Waals surface area (Å²) in [4.78, 5) is 21.2. The van der Waals surface area contributed by atoms with Gasteiger partial charge in [-0.25, -0.2) is 0 Å². The number of hydrogen-bond acceptors (Lipinski definition) is 8. The number of carboxylic acid groups (broad SMARTS) is 1. The number of nitrogens with one attached hydrogen (secondary N) is 1. The molecule has 9 nitrogen and oxygen atoms in total. The number of nitrogens with two attached hydrogens (primary N) is 2. The number of aliphatic carboxylic acids is 1. The standard InChI is InChI=1S/C13H16ClN5O2S.C2H4O2/c14-8-1-2-10(21-6-4-15)9(7-8)12(20)17-5-3-11-18-19-13(16)22-11;1-2(3)4/h1-2,7H,3-6,15H2,(H2,16,19)(H,17,20);1H3,(H,3,4).